The van der Waals surface area contributed by atoms with Gasteiger partial charge in [-0.3, -0.25) is 4.79 Å². The molecule has 0 saturated carbocycles. The molecule has 0 heterocycles. The SMILES string of the molecule is CC(NC(=S)C(=O)Nc1ccc(F)cc1)c1ccccc1. The second kappa shape index (κ2) is 6.95. The van der Waals surface area contributed by atoms with E-state index < -0.39 is 5.91 Å². The number of hydrogen-bond donors (Lipinski definition) is 2. The van der Waals surface area contributed by atoms with Crippen LogP contribution in [-0.2, 0) is 4.79 Å². The zero-order valence-electron chi connectivity index (χ0n) is 11.5. The molecule has 1 unspecified atom stereocenters. The molecule has 0 aromatic heterocycles. The maximum Gasteiger partial charge on any atom is 0.283 e. The molecule has 3 nitrogen and oxygen atoms in total. The zero-order valence-corrected chi connectivity index (χ0v) is 12.3. The van der Waals surface area contributed by atoms with Crippen molar-refractivity contribution in [2.45, 2.75) is 13.0 Å². The van der Waals surface area contributed by atoms with Crippen molar-refractivity contribution < 1.29 is 9.18 Å². The van der Waals surface area contributed by atoms with Gasteiger partial charge in [0.2, 0.25) is 0 Å². The van der Waals surface area contributed by atoms with Crippen molar-refractivity contribution in [2.24, 2.45) is 0 Å². The number of hydrogen-bond acceptors (Lipinski definition) is 2. The second-order valence-corrected chi connectivity index (χ2v) is 4.98. The molecule has 21 heavy (non-hydrogen) atoms. The van der Waals surface area contributed by atoms with Crippen molar-refractivity contribution in [1.82, 2.24) is 5.32 Å². The monoisotopic (exact) mass is 302 g/mol. The van der Waals surface area contributed by atoms with Gasteiger partial charge in [-0.15, -0.1) is 0 Å². The minimum Gasteiger partial charge on any atom is -0.365 e. The molecule has 2 N–H and O–H groups in total. The van der Waals surface area contributed by atoms with Crippen molar-refractivity contribution in [1.29, 1.82) is 0 Å². The van der Waals surface area contributed by atoms with E-state index in [0.29, 0.717) is 5.69 Å². The Labute approximate surface area is 128 Å². The summed E-state index contributed by atoms with van der Waals surface area (Å²) in [6, 6.07) is 15.1. The molecule has 1 atom stereocenters. The quantitative estimate of drug-likeness (QED) is 0.853. The normalized spacial score (nSPS) is 11.5. The van der Waals surface area contributed by atoms with Crippen LogP contribution in [0.3, 0.4) is 0 Å². The van der Waals surface area contributed by atoms with Gasteiger partial charge in [-0.2, -0.15) is 0 Å². The smallest absolute Gasteiger partial charge is 0.283 e. The molecule has 0 fully saturated rings. The Morgan fingerprint density at radius 3 is 2.33 bits per heavy atom. The molecule has 2 aromatic carbocycles. The number of amides is 1. The lowest BCUT2D eigenvalue weighted by Gasteiger charge is -2.16. The first-order chi connectivity index (χ1) is 10.1. The molecule has 0 radical (unpaired) electrons. The molecule has 0 spiro atoms. The van der Waals surface area contributed by atoms with Crippen molar-refractivity contribution >= 4 is 28.8 Å². The minimum atomic E-state index is -0.417. The summed E-state index contributed by atoms with van der Waals surface area (Å²) >= 11 is 5.08. The number of anilines is 1. The molecule has 5 heteroatoms. The fraction of sp³-hybridized carbons (Fsp3) is 0.125. The van der Waals surface area contributed by atoms with Crippen LogP contribution in [0.1, 0.15) is 18.5 Å². The molecule has 0 aliphatic rings. The van der Waals surface area contributed by atoms with E-state index >= 15 is 0 Å². The Hall–Kier alpha value is -2.27. The molecule has 1 amide bonds. The van der Waals surface area contributed by atoms with E-state index in [1.165, 1.54) is 24.3 Å². The molecule has 0 saturated heterocycles. The van der Waals surface area contributed by atoms with E-state index in [4.69, 9.17) is 12.2 Å². The summed E-state index contributed by atoms with van der Waals surface area (Å²) < 4.78 is 12.8. The highest BCUT2D eigenvalue weighted by Gasteiger charge is 2.13. The van der Waals surface area contributed by atoms with Gasteiger partial charge < -0.3 is 10.6 Å². The average molecular weight is 302 g/mol. The molecule has 0 aliphatic carbocycles. The van der Waals surface area contributed by atoms with E-state index in [9.17, 15) is 9.18 Å². The van der Waals surface area contributed by atoms with E-state index in [1.54, 1.807) is 0 Å². The van der Waals surface area contributed by atoms with Crippen molar-refractivity contribution in [3.8, 4) is 0 Å². The Morgan fingerprint density at radius 1 is 1.10 bits per heavy atom. The summed E-state index contributed by atoms with van der Waals surface area (Å²) in [5.74, 6) is -0.772. The van der Waals surface area contributed by atoms with Crippen LogP contribution in [0.15, 0.2) is 54.6 Å². The van der Waals surface area contributed by atoms with Crippen LogP contribution >= 0.6 is 12.2 Å². The van der Waals surface area contributed by atoms with E-state index in [2.05, 4.69) is 10.6 Å². The van der Waals surface area contributed by atoms with Crippen LogP contribution in [0.5, 0.6) is 0 Å². The summed E-state index contributed by atoms with van der Waals surface area (Å²) in [7, 11) is 0. The predicted octanol–water partition coefficient (Wildman–Crippen LogP) is 3.44. The number of thiocarbonyl (C=S) groups is 1. The highest BCUT2D eigenvalue weighted by atomic mass is 32.1. The highest BCUT2D eigenvalue weighted by Crippen LogP contribution is 2.12. The third-order valence-electron chi connectivity index (χ3n) is 2.96. The Balaban J connectivity index is 1.93. The zero-order chi connectivity index (χ0) is 15.2. The van der Waals surface area contributed by atoms with Crippen LogP contribution in [0.4, 0.5) is 10.1 Å². The lowest BCUT2D eigenvalue weighted by molar-refractivity contribution is -0.110. The van der Waals surface area contributed by atoms with Crippen molar-refractivity contribution in [3.05, 3.63) is 66.0 Å². The Bertz CT molecular complexity index is 628. The largest absolute Gasteiger partial charge is 0.365 e. The Morgan fingerprint density at radius 2 is 1.71 bits per heavy atom. The molecule has 2 rings (SSSR count). The van der Waals surface area contributed by atoms with Crippen LogP contribution < -0.4 is 10.6 Å². The van der Waals surface area contributed by atoms with Crippen molar-refractivity contribution in [3.63, 3.8) is 0 Å². The Kier molecular flexibility index (Phi) is 5.00. The van der Waals surface area contributed by atoms with Crippen LogP contribution in [0.2, 0.25) is 0 Å². The lowest BCUT2D eigenvalue weighted by Crippen LogP contribution is -2.35. The number of carbonyl (C=O) groups is 1. The van der Waals surface area contributed by atoms with Crippen molar-refractivity contribution in [2.75, 3.05) is 5.32 Å². The number of nitrogens with one attached hydrogen (secondary N) is 2. The van der Waals surface area contributed by atoms with Gasteiger partial charge in [-0.1, -0.05) is 42.5 Å². The topological polar surface area (TPSA) is 41.1 Å². The van der Waals surface area contributed by atoms with E-state index in [0.717, 1.165) is 5.56 Å². The minimum absolute atomic E-state index is 0.0716. The van der Waals surface area contributed by atoms with Crippen LogP contribution in [-0.4, -0.2) is 10.9 Å². The molecular weight excluding hydrogens is 287 g/mol. The summed E-state index contributed by atoms with van der Waals surface area (Å²) in [4.78, 5) is 12.0. The first kappa shape index (κ1) is 15.1. The number of benzene rings is 2. The van der Waals surface area contributed by atoms with Gasteiger partial charge in [0.1, 0.15) is 5.82 Å². The maximum absolute atomic E-state index is 12.8. The number of halogens is 1. The third-order valence-corrected chi connectivity index (χ3v) is 3.26. The third kappa shape index (κ3) is 4.36. The number of carbonyl (C=O) groups excluding carboxylic acids is 1. The molecule has 0 aliphatic heterocycles. The summed E-state index contributed by atoms with van der Waals surface area (Å²) in [6.07, 6.45) is 0. The van der Waals surface area contributed by atoms with Gasteiger partial charge in [0.05, 0.1) is 0 Å². The fourth-order valence-electron chi connectivity index (χ4n) is 1.81. The molecular formula is C16H15FN2OS. The van der Waals surface area contributed by atoms with Crippen LogP contribution in [0.25, 0.3) is 0 Å². The van der Waals surface area contributed by atoms with Gasteiger partial charge >= 0.3 is 0 Å². The highest BCUT2D eigenvalue weighted by molar-refractivity contribution is 7.82. The summed E-state index contributed by atoms with van der Waals surface area (Å²) in [5, 5.41) is 5.59. The lowest BCUT2D eigenvalue weighted by atomic mass is 10.1. The van der Waals surface area contributed by atoms with Gasteiger partial charge in [0.25, 0.3) is 5.91 Å². The molecule has 2 aromatic rings. The van der Waals surface area contributed by atoms with E-state index in [1.807, 2.05) is 37.3 Å². The van der Waals surface area contributed by atoms with Gasteiger partial charge in [-0.05, 0) is 36.8 Å². The van der Waals surface area contributed by atoms with Crippen LogP contribution in [0, 0.1) is 5.82 Å². The summed E-state index contributed by atoms with van der Waals surface area (Å²) in [6.45, 7) is 1.92. The first-order valence-corrected chi connectivity index (χ1v) is 6.89. The van der Waals surface area contributed by atoms with Gasteiger partial charge in [0.15, 0.2) is 4.99 Å². The fourth-order valence-corrected chi connectivity index (χ4v) is 2.04. The number of rotatable bonds is 3. The molecule has 108 valence electrons. The maximum atomic E-state index is 12.8. The molecule has 0 bridgehead atoms. The predicted molar refractivity (Wildman–Crippen MR) is 85.6 cm³/mol. The van der Waals surface area contributed by atoms with E-state index in [-0.39, 0.29) is 16.8 Å². The summed E-state index contributed by atoms with van der Waals surface area (Å²) in [5.41, 5.74) is 1.53. The average Bonchev–Trinajstić information content (AvgIpc) is 2.50. The standard InChI is InChI=1S/C16H15FN2OS/c1-11(12-5-3-2-4-6-12)18-16(21)15(20)19-14-9-7-13(17)8-10-14/h2-11H,1H3,(H,18,21)(H,19,20). The first-order valence-electron chi connectivity index (χ1n) is 6.48. The van der Waals surface area contributed by atoms with Gasteiger partial charge in [-0.25, -0.2) is 4.39 Å². The second-order valence-electron chi connectivity index (χ2n) is 4.57. The van der Waals surface area contributed by atoms with Gasteiger partial charge in [0, 0.05) is 11.7 Å².